The molecular formula is C19H29N3O2. The molecule has 1 aromatic rings. The number of β-amino-alcohol motifs (C(OH)–C–C–N with tert-alkyl or cyclic N) is 1. The maximum atomic E-state index is 13.2. The van der Waals surface area contributed by atoms with Gasteiger partial charge in [0.05, 0.1) is 6.61 Å². The summed E-state index contributed by atoms with van der Waals surface area (Å²) in [5, 5.41) is 9.11. The number of aliphatic hydroxyl groups is 1. The maximum Gasteiger partial charge on any atom is 0.244 e. The highest BCUT2D eigenvalue weighted by Gasteiger charge is 2.33. The van der Waals surface area contributed by atoms with E-state index >= 15 is 0 Å². The Morgan fingerprint density at radius 3 is 2.25 bits per heavy atom. The van der Waals surface area contributed by atoms with Crippen LogP contribution in [-0.2, 0) is 4.79 Å². The van der Waals surface area contributed by atoms with Crippen molar-refractivity contribution in [2.24, 2.45) is 0 Å². The second kappa shape index (κ2) is 8.60. The van der Waals surface area contributed by atoms with Crippen molar-refractivity contribution in [2.45, 2.75) is 25.3 Å². The van der Waals surface area contributed by atoms with Gasteiger partial charge in [-0.1, -0.05) is 30.3 Å². The Labute approximate surface area is 144 Å². The van der Waals surface area contributed by atoms with Crippen LogP contribution in [0.25, 0.3) is 0 Å². The number of carbonyl (C=O) groups is 1. The lowest BCUT2D eigenvalue weighted by Crippen LogP contribution is -2.52. The molecule has 5 nitrogen and oxygen atoms in total. The van der Waals surface area contributed by atoms with Crippen LogP contribution in [0.5, 0.6) is 0 Å². The fraction of sp³-hybridized carbons (Fsp3) is 0.632. The molecule has 0 aliphatic carbocycles. The van der Waals surface area contributed by atoms with Gasteiger partial charge in [-0.25, -0.2) is 0 Å². The minimum absolute atomic E-state index is 0.166. The topological polar surface area (TPSA) is 47.0 Å². The van der Waals surface area contributed by atoms with Gasteiger partial charge in [0.2, 0.25) is 5.91 Å². The van der Waals surface area contributed by atoms with Crippen LogP contribution < -0.4 is 0 Å². The van der Waals surface area contributed by atoms with Crippen molar-refractivity contribution in [3.8, 4) is 0 Å². The van der Waals surface area contributed by atoms with Gasteiger partial charge < -0.3 is 10.0 Å². The molecule has 1 unspecified atom stereocenters. The lowest BCUT2D eigenvalue weighted by atomic mass is 10.0. The second-order valence-corrected chi connectivity index (χ2v) is 6.80. The average molecular weight is 331 g/mol. The number of rotatable bonds is 5. The zero-order valence-electron chi connectivity index (χ0n) is 14.4. The number of hydrogen-bond acceptors (Lipinski definition) is 4. The molecule has 2 aliphatic rings. The predicted molar refractivity (Wildman–Crippen MR) is 94.7 cm³/mol. The third-order valence-corrected chi connectivity index (χ3v) is 5.21. The van der Waals surface area contributed by atoms with Crippen LogP contribution in [0.15, 0.2) is 30.3 Å². The summed E-state index contributed by atoms with van der Waals surface area (Å²) in [5.74, 6) is 0.261. The fourth-order valence-electron chi connectivity index (χ4n) is 3.82. The van der Waals surface area contributed by atoms with Crippen molar-refractivity contribution in [2.75, 3.05) is 52.4 Å². The molecule has 2 aliphatic heterocycles. The van der Waals surface area contributed by atoms with E-state index in [0.29, 0.717) is 0 Å². The summed E-state index contributed by atoms with van der Waals surface area (Å²) in [6, 6.07) is 10.0. The number of likely N-dealkylation sites (tertiary alicyclic amines) is 1. The molecular weight excluding hydrogens is 302 g/mol. The highest BCUT2D eigenvalue weighted by Crippen LogP contribution is 2.26. The van der Waals surface area contributed by atoms with E-state index in [0.717, 1.165) is 64.2 Å². The molecule has 1 aromatic carbocycles. The molecule has 3 rings (SSSR count). The molecule has 1 N–H and O–H groups in total. The first kappa shape index (κ1) is 17.4. The van der Waals surface area contributed by atoms with E-state index in [-0.39, 0.29) is 18.6 Å². The highest BCUT2D eigenvalue weighted by molar-refractivity contribution is 5.83. The molecule has 2 heterocycles. The number of aliphatic hydroxyl groups excluding tert-OH is 1. The molecule has 5 heteroatoms. The van der Waals surface area contributed by atoms with Crippen LogP contribution in [-0.4, -0.2) is 78.1 Å². The van der Waals surface area contributed by atoms with Gasteiger partial charge in [-0.2, -0.15) is 0 Å². The van der Waals surface area contributed by atoms with E-state index in [1.807, 2.05) is 18.2 Å². The zero-order chi connectivity index (χ0) is 16.8. The number of piperidine rings is 1. The molecule has 0 saturated carbocycles. The zero-order valence-corrected chi connectivity index (χ0v) is 14.4. The summed E-state index contributed by atoms with van der Waals surface area (Å²) >= 11 is 0. The molecule has 0 bridgehead atoms. The van der Waals surface area contributed by atoms with Crippen molar-refractivity contribution in [1.29, 1.82) is 0 Å². The van der Waals surface area contributed by atoms with E-state index < -0.39 is 0 Å². The lowest BCUT2D eigenvalue weighted by Gasteiger charge is -2.41. The number of carbonyl (C=O) groups excluding carboxylic acids is 1. The van der Waals surface area contributed by atoms with Crippen molar-refractivity contribution >= 4 is 5.91 Å². The molecule has 2 fully saturated rings. The minimum atomic E-state index is -0.166. The number of amides is 1. The molecule has 2 saturated heterocycles. The molecule has 0 spiro atoms. The quantitative estimate of drug-likeness (QED) is 0.885. The van der Waals surface area contributed by atoms with Gasteiger partial charge in [0, 0.05) is 45.8 Å². The van der Waals surface area contributed by atoms with Crippen LogP contribution in [0.4, 0.5) is 0 Å². The van der Waals surface area contributed by atoms with E-state index in [1.165, 1.54) is 6.42 Å². The van der Waals surface area contributed by atoms with Crippen molar-refractivity contribution in [1.82, 2.24) is 14.7 Å². The summed E-state index contributed by atoms with van der Waals surface area (Å²) < 4.78 is 0. The predicted octanol–water partition coefficient (Wildman–Crippen LogP) is 1.35. The molecule has 132 valence electrons. The van der Waals surface area contributed by atoms with Gasteiger partial charge in [-0.05, 0) is 24.8 Å². The van der Waals surface area contributed by atoms with Crippen LogP contribution in [0.2, 0.25) is 0 Å². The summed E-state index contributed by atoms with van der Waals surface area (Å²) in [4.78, 5) is 19.9. The van der Waals surface area contributed by atoms with Gasteiger partial charge in [-0.3, -0.25) is 14.6 Å². The van der Waals surface area contributed by atoms with Crippen molar-refractivity contribution in [3.05, 3.63) is 35.9 Å². The lowest BCUT2D eigenvalue weighted by molar-refractivity contribution is -0.139. The Bertz CT molecular complexity index is 509. The first-order valence-corrected chi connectivity index (χ1v) is 9.20. The second-order valence-electron chi connectivity index (χ2n) is 6.80. The molecule has 0 radical (unpaired) electrons. The molecule has 0 aromatic heterocycles. The minimum Gasteiger partial charge on any atom is -0.395 e. The third kappa shape index (κ3) is 4.15. The van der Waals surface area contributed by atoms with Crippen molar-refractivity contribution in [3.63, 3.8) is 0 Å². The average Bonchev–Trinajstić information content (AvgIpc) is 2.65. The molecule has 24 heavy (non-hydrogen) atoms. The standard InChI is InChI=1S/C19H29N3O2/c23-16-15-20-11-13-21(14-12-20)18(17-7-3-1-4-8-17)19(24)22-9-5-2-6-10-22/h1,3-4,7-8,18,23H,2,5-6,9-16H2. The first-order valence-electron chi connectivity index (χ1n) is 9.20. The first-order chi connectivity index (χ1) is 11.8. The van der Waals surface area contributed by atoms with Crippen LogP contribution in [0, 0.1) is 0 Å². The number of benzene rings is 1. The number of piperazine rings is 1. The highest BCUT2D eigenvalue weighted by atomic mass is 16.3. The number of nitrogens with zero attached hydrogens (tertiary/aromatic N) is 3. The van der Waals surface area contributed by atoms with E-state index in [2.05, 4.69) is 26.8 Å². The van der Waals surface area contributed by atoms with Crippen LogP contribution in [0.3, 0.4) is 0 Å². The van der Waals surface area contributed by atoms with E-state index in [9.17, 15) is 4.79 Å². The van der Waals surface area contributed by atoms with Gasteiger partial charge in [0.1, 0.15) is 6.04 Å². The van der Waals surface area contributed by atoms with Crippen molar-refractivity contribution < 1.29 is 9.90 Å². The van der Waals surface area contributed by atoms with Gasteiger partial charge >= 0.3 is 0 Å². The summed E-state index contributed by atoms with van der Waals surface area (Å²) in [7, 11) is 0. The van der Waals surface area contributed by atoms with Crippen LogP contribution >= 0.6 is 0 Å². The van der Waals surface area contributed by atoms with Gasteiger partial charge in [-0.15, -0.1) is 0 Å². The number of hydrogen-bond donors (Lipinski definition) is 1. The Morgan fingerprint density at radius 2 is 1.62 bits per heavy atom. The Morgan fingerprint density at radius 1 is 0.958 bits per heavy atom. The Balaban J connectivity index is 1.74. The van der Waals surface area contributed by atoms with E-state index in [4.69, 9.17) is 5.11 Å². The van der Waals surface area contributed by atoms with Gasteiger partial charge in [0.15, 0.2) is 0 Å². The summed E-state index contributed by atoms with van der Waals surface area (Å²) in [6.07, 6.45) is 3.48. The van der Waals surface area contributed by atoms with Gasteiger partial charge in [0.25, 0.3) is 0 Å². The maximum absolute atomic E-state index is 13.2. The molecule has 1 amide bonds. The summed E-state index contributed by atoms with van der Waals surface area (Å²) in [5.41, 5.74) is 1.10. The fourth-order valence-corrected chi connectivity index (χ4v) is 3.82. The molecule has 1 atom stereocenters. The Hall–Kier alpha value is -1.43. The third-order valence-electron chi connectivity index (χ3n) is 5.21. The normalized spacial score (nSPS) is 21.6. The van der Waals surface area contributed by atoms with E-state index in [1.54, 1.807) is 0 Å². The summed E-state index contributed by atoms with van der Waals surface area (Å²) in [6.45, 7) is 6.30. The monoisotopic (exact) mass is 331 g/mol. The Kier molecular flexibility index (Phi) is 6.24. The smallest absolute Gasteiger partial charge is 0.244 e. The van der Waals surface area contributed by atoms with Crippen LogP contribution in [0.1, 0.15) is 30.9 Å². The largest absolute Gasteiger partial charge is 0.395 e. The SMILES string of the molecule is O=C(C(c1ccccc1)N1CCN(CCO)CC1)N1CCCCC1.